The van der Waals surface area contributed by atoms with E-state index in [1.807, 2.05) is 29.8 Å². The van der Waals surface area contributed by atoms with E-state index in [4.69, 9.17) is 0 Å². The first-order valence-electron chi connectivity index (χ1n) is 8.87. The normalized spacial score (nSPS) is 11.2. The lowest BCUT2D eigenvalue weighted by atomic mass is 10.2. The maximum absolute atomic E-state index is 12.5. The quantitative estimate of drug-likeness (QED) is 0.571. The lowest BCUT2D eigenvalue weighted by molar-refractivity contribution is 0.0952. The summed E-state index contributed by atoms with van der Waals surface area (Å²) in [6.45, 7) is 3.22. The van der Waals surface area contributed by atoms with Crippen LogP contribution in [0.2, 0.25) is 0 Å². The van der Waals surface area contributed by atoms with Crippen molar-refractivity contribution in [1.29, 1.82) is 0 Å². The van der Waals surface area contributed by atoms with Crippen LogP contribution in [-0.4, -0.2) is 30.4 Å². The summed E-state index contributed by atoms with van der Waals surface area (Å²) in [6, 6.07) is 12.9. The van der Waals surface area contributed by atoms with Gasteiger partial charge in [-0.15, -0.1) is 0 Å². The largest absolute Gasteiger partial charge is 0.352 e. The second kappa shape index (κ2) is 8.71. The van der Waals surface area contributed by atoms with Gasteiger partial charge in [-0.05, 0) is 49.7 Å². The molecule has 3 rings (SSSR count). The van der Waals surface area contributed by atoms with Crippen LogP contribution >= 0.6 is 0 Å². The van der Waals surface area contributed by atoms with Crippen molar-refractivity contribution in [2.45, 2.75) is 24.8 Å². The van der Waals surface area contributed by atoms with Gasteiger partial charge in [0.05, 0.1) is 11.2 Å². The number of aryl methyl sites for hydroxylation is 2. The van der Waals surface area contributed by atoms with Crippen molar-refractivity contribution in [3.05, 3.63) is 78.4 Å². The maximum Gasteiger partial charge on any atom is 0.261 e. The van der Waals surface area contributed by atoms with E-state index in [1.165, 1.54) is 24.3 Å². The Morgan fingerprint density at radius 2 is 1.79 bits per heavy atom. The van der Waals surface area contributed by atoms with Crippen LogP contribution in [0, 0.1) is 6.92 Å². The third kappa shape index (κ3) is 5.20. The van der Waals surface area contributed by atoms with Crippen LogP contribution in [0.1, 0.15) is 22.3 Å². The molecule has 2 aromatic carbocycles. The van der Waals surface area contributed by atoms with Gasteiger partial charge in [0.15, 0.2) is 0 Å². The number of rotatable bonds is 8. The molecule has 7 nitrogen and oxygen atoms in total. The van der Waals surface area contributed by atoms with E-state index in [0.29, 0.717) is 17.8 Å². The van der Waals surface area contributed by atoms with Crippen molar-refractivity contribution in [2.75, 3.05) is 11.3 Å². The molecule has 146 valence electrons. The molecule has 0 fully saturated rings. The van der Waals surface area contributed by atoms with Gasteiger partial charge in [0.25, 0.3) is 15.9 Å². The predicted molar refractivity (Wildman–Crippen MR) is 108 cm³/mol. The Bertz CT molecular complexity index is 1010. The molecule has 0 unspecified atom stereocenters. The van der Waals surface area contributed by atoms with E-state index in [9.17, 15) is 13.2 Å². The van der Waals surface area contributed by atoms with Crippen LogP contribution in [0.15, 0.2) is 72.1 Å². The van der Waals surface area contributed by atoms with Crippen LogP contribution in [0.3, 0.4) is 0 Å². The minimum Gasteiger partial charge on any atom is -0.352 e. The second-order valence-corrected chi connectivity index (χ2v) is 8.09. The van der Waals surface area contributed by atoms with E-state index in [0.717, 1.165) is 18.5 Å². The molecule has 3 aromatic rings. The summed E-state index contributed by atoms with van der Waals surface area (Å²) in [5.74, 6) is -0.235. The number of nitrogens with zero attached hydrogens (tertiary/aromatic N) is 2. The summed E-state index contributed by atoms with van der Waals surface area (Å²) < 4.78 is 29.4. The maximum atomic E-state index is 12.5. The number of hydrogen-bond donors (Lipinski definition) is 2. The van der Waals surface area contributed by atoms with Gasteiger partial charge < -0.3 is 9.88 Å². The molecule has 0 aliphatic carbocycles. The SMILES string of the molecule is Cc1ccc(NS(=O)(=O)c2ccc(C(=O)NCCCn3ccnc3)cc2)cc1. The van der Waals surface area contributed by atoms with E-state index in [2.05, 4.69) is 15.0 Å². The number of imidazole rings is 1. The molecule has 0 aliphatic heterocycles. The first-order valence-corrected chi connectivity index (χ1v) is 10.4. The highest BCUT2D eigenvalue weighted by Crippen LogP contribution is 2.17. The van der Waals surface area contributed by atoms with Crippen molar-refractivity contribution >= 4 is 21.6 Å². The fraction of sp³-hybridized carbons (Fsp3) is 0.200. The first kappa shape index (κ1) is 19.6. The van der Waals surface area contributed by atoms with Crippen molar-refractivity contribution in [2.24, 2.45) is 0 Å². The molecule has 1 aromatic heterocycles. The van der Waals surface area contributed by atoms with Gasteiger partial charge in [0, 0.05) is 36.7 Å². The number of anilines is 1. The zero-order chi connectivity index (χ0) is 20.0. The van der Waals surface area contributed by atoms with Gasteiger partial charge in [-0.3, -0.25) is 9.52 Å². The molecule has 8 heteroatoms. The Morgan fingerprint density at radius 1 is 1.07 bits per heavy atom. The fourth-order valence-electron chi connectivity index (χ4n) is 2.61. The molecule has 0 atom stereocenters. The lowest BCUT2D eigenvalue weighted by Gasteiger charge is -2.09. The molecule has 0 aliphatic rings. The molecule has 0 saturated heterocycles. The monoisotopic (exact) mass is 398 g/mol. The Balaban J connectivity index is 1.55. The number of benzene rings is 2. The van der Waals surface area contributed by atoms with Crippen molar-refractivity contribution in [1.82, 2.24) is 14.9 Å². The Hall–Kier alpha value is -3.13. The van der Waals surface area contributed by atoms with Gasteiger partial charge in [-0.1, -0.05) is 17.7 Å². The average Bonchev–Trinajstić information content (AvgIpc) is 3.20. The summed E-state index contributed by atoms with van der Waals surface area (Å²) in [7, 11) is -3.71. The fourth-order valence-corrected chi connectivity index (χ4v) is 3.66. The van der Waals surface area contributed by atoms with Gasteiger partial charge >= 0.3 is 0 Å². The van der Waals surface area contributed by atoms with Crippen molar-refractivity contribution in [3.8, 4) is 0 Å². The Morgan fingerprint density at radius 3 is 2.43 bits per heavy atom. The van der Waals surface area contributed by atoms with E-state index in [1.54, 1.807) is 24.7 Å². The second-order valence-electron chi connectivity index (χ2n) is 6.41. The number of carbonyl (C=O) groups excluding carboxylic acids is 1. The molecule has 0 saturated carbocycles. The predicted octanol–water partition coefficient (Wildman–Crippen LogP) is 2.81. The number of hydrogen-bond acceptors (Lipinski definition) is 4. The number of nitrogens with one attached hydrogen (secondary N) is 2. The summed E-state index contributed by atoms with van der Waals surface area (Å²) in [5.41, 5.74) is 1.95. The third-order valence-corrected chi connectivity index (χ3v) is 5.57. The summed E-state index contributed by atoms with van der Waals surface area (Å²) in [4.78, 5) is 16.3. The van der Waals surface area contributed by atoms with Crippen LogP contribution in [0.4, 0.5) is 5.69 Å². The summed E-state index contributed by atoms with van der Waals surface area (Å²) in [6.07, 6.45) is 6.08. The molecule has 1 heterocycles. The molecule has 2 N–H and O–H groups in total. The number of aromatic nitrogens is 2. The van der Waals surface area contributed by atoms with Gasteiger partial charge in [-0.2, -0.15) is 0 Å². The van der Waals surface area contributed by atoms with Gasteiger partial charge in [-0.25, -0.2) is 13.4 Å². The standard InChI is InChI=1S/C20H22N4O3S/c1-16-3-7-18(8-4-16)23-28(26,27)19-9-5-17(6-10-19)20(25)22-11-2-13-24-14-12-21-15-24/h3-10,12,14-15,23H,2,11,13H2,1H3,(H,22,25). The van der Waals surface area contributed by atoms with Gasteiger partial charge in [0.2, 0.25) is 0 Å². The van der Waals surface area contributed by atoms with E-state index >= 15 is 0 Å². The summed E-state index contributed by atoms with van der Waals surface area (Å²) in [5, 5.41) is 2.83. The Labute approximate surface area is 164 Å². The van der Waals surface area contributed by atoms with Crippen LogP contribution in [0.5, 0.6) is 0 Å². The minimum atomic E-state index is -3.71. The highest BCUT2D eigenvalue weighted by molar-refractivity contribution is 7.92. The summed E-state index contributed by atoms with van der Waals surface area (Å²) >= 11 is 0. The van der Waals surface area contributed by atoms with E-state index in [-0.39, 0.29) is 10.8 Å². The molecule has 0 bridgehead atoms. The average molecular weight is 398 g/mol. The minimum absolute atomic E-state index is 0.102. The number of carbonyl (C=O) groups is 1. The number of sulfonamides is 1. The zero-order valence-corrected chi connectivity index (χ0v) is 16.3. The van der Waals surface area contributed by atoms with E-state index < -0.39 is 10.0 Å². The molecule has 0 radical (unpaired) electrons. The highest BCUT2D eigenvalue weighted by Gasteiger charge is 2.15. The smallest absolute Gasteiger partial charge is 0.261 e. The van der Waals surface area contributed by atoms with Crippen LogP contribution in [-0.2, 0) is 16.6 Å². The first-order chi connectivity index (χ1) is 13.4. The Kier molecular flexibility index (Phi) is 6.10. The third-order valence-electron chi connectivity index (χ3n) is 4.17. The molecule has 28 heavy (non-hydrogen) atoms. The topological polar surface area (TPSA) is 93.1 Å². The lowest BCUT2D eigenvalue weighted by Crippen LogP contribution is -2.25. The van der Waals surface area contributed by atoms with Gasteiger partial charge in [0.1, 0.15) is 0 Å². The zero-order valence-electron chi connectivity index (χ0n) is 15.5. The van der Waals surface area contributed by atoms with Crippen molar-refractivity contribution in [3.63, 3.8) is 0 Å². The number of amides is 1. The van der Waals surface area contributed by atoms with Crippen LogP contribution < -0.4 is 10.0 Å². The van der Waals surface area contributed by atoms with Crippen molar-refractivity contribution < 1.29 is 13.2 Å². The molecular weight excluding hydrogens is 376 g/mol. The van der Waals surface area contributed by atoms with Crippen LogP contribution in [0.25, 0.3) is 0 Å². The highest BCUT2D eigenvalue weighted by atomic mass is 32.2. The molecule has 0 spiro atoms. The molecule has 1 amide bonds. The molecular formula is C20H22N4O3S.